The number of benzene rings is 1. The number of pyridine rings is 1. The highest BCUT2D eigenvalue weighted by Gasteiger charge is 2.38. The lowest BCUT2D eigenvalue weighted by molar-refractivity contribution is 0.144. The number of aliphatic hydroxyl groups is 1. The molecule has 2 N–H and O–H groups in total. The molecule has 0 amide bonds. The lowest BCUT2D eigenvalue weighted by Gasteiger charge is -2.42. The minimum atomic E-state index is -0.992. The number of fused-ring (bicyclic) bond motifs is 2. The second-order valence-electron chi connectivity index (χ2n) is 9.81. The molecule has 0 radical (unpaired) electrons. The maximum Gasteiger partial charge on any atom is 0.130 e. The van der Waals surface area contributed by atoms with Crippen molar-refractivity contribution in [1.82, 2.24) is 4.98 Å². The van der Waals surface area contributed by atoms with Crippen molar-refractivity contribution >= 4 is 22.3 Å². The number of anilines is 2. The highest BCUT2D eigenvalue weighted by Crippen LogP contribution is 2.40. The Morgan fingerprint density at radius 2 is 1.94 bits per heavy atom. The van der Waals surface area contributed by atoms with E-state index in [0.717, 1.165) is 73.7 Å². The van der Waals surface area contributed by atoms with E-state index in [2.05, 4.69) is 34.5 Å². The quantitative estimate of drug-likeness (QED) is 0.749. The van der Waals surface area contributed by atoms with Gasteiger partial charge >= 0.3 is 0 Å². The van der Waals surface area contributed by atoms with E-state index < -0.39 is 10.8 Å². The van der Waals surface area contributed by atoms with Crippen LogP contribution in [-0.4, -0.2) is 45.3 Å². The van der Waals surface area contributed by atoms with Gasteiger partial charge in [0.15, 0.2) is 0 Å². The average Bonchev–Trinajstić information content (AvgIpc) is 3.13. The van der Waals surface area contributed by atoms with E-state index in [1.807, 2.05) is 0 Å². The van der Waals surface area contributed by atoms with Crippen molar-refractivity contribution in [2.24, 2.45) is 0 Å². The van der Waals surface area contributed by atoms with Crippen LogP contribution in [0.3, 0.4) is 0 Å². The van der Waals surface area contributed by atoms with Crippen molar-refractivity contribution in [2.45, 2.75) is 67.7 Å². The summed E-state index contributed by atoms with van der Waals surface area (Å²) in [5.74, 6) is 2.30. The molecule has 5 nitrogen and oxygen atoms in total. The molecule has 1 saturated carbocycles. The first-order valence-electron chi connectivity index (χ1n) is 11.8. The van der Waals surface area contributed by atoms with Crippen molar-refractivity contribution in [3.05, 3.63) is 46.6 Å². The second-order valence-corrected chi connectivity index (χ2v) is 11.3. The fourth-order valence-electron chi connectivity index (χ4n) is 5.66. The summed E-state index contributed by atoms with van der Waals surface area (Å²) in [4.78, 5) is 8.23. The lowest BCUT2D eigenvalue weighted by atomic mass is 9.77. The molecular weight excluding hydrogens is 406 g/mol. The molecule has 31 heavy (non-hydrogen) atoms. The predicted octanol–water partition coefficient (Wildman–Crippen LogP) is 3.55. The van der Waals surface area contributed by atoms with Gasteiger partial charge in [-0.15, -0.1) is 0 Å². The van der Waals surface area contributed by atoms with E-state index in [-0.39, 0.29) is 12.1 Å². The second kappa shape index (κ2) is 7.59. The van der Waals surface area contributed by atoms with Crippen molar-refractivity contribution in [3.8, 4) is 0 Å². The van der Waals surface area contributed by atoms with Gasteiger partial charge in [0.2, 0.25) is 0 Å². The molecule has 1 aromatic carbocycles. The molecule has 6 rings (SSSR count). The maximum atomic E-state index is 12.7. The van der Waals surface area contributed by atoms with Crippen LogP contribution >= 0.6 is 0 Å². The summed E-state index contributed by atoms with van der Waals surface area (Å²) in [6, 6.07) is 9.22. The molecule has 2 aliphatic heterocycles. The van der Waals surface area contributed by atoms with Crippen LogP contribution in [0.25, 0.3) is 0 Å². The number of nitrogens with one attached hydrogen (secondary N) is 1. The minimum absolute atomic E-state index is 0.123. The number of aryl methyl sites for hydroxylation is 3. The van der Waals surface area contributed by atoms with Crippen LogP contribution in [0.1, 0.15) is 60.4 Å². The highest BCUT2D eigenvalue weighted by molar-refractivity contribution is 7.85. The zero-order valence-electron chi connectivity index (χ0n) is 18.0. The number of hydrogen-bond acceptors (Lipinski definition) is 5. The maximum absolute atomic E-state index is 12.7. The smallest absolute Gasteiger partial charge is 0.130 e. The third-order valence-electron chi connectivity index (χ3n) is 7.98. The number of hydrogen-bond donors (Lipinski definition) is 2. The molecule has 0 bridgehead atoms. The van der Waals surface area contributed by atoms with Gasteiger partial charge in [0.25, 0.3) is 0 Å². The van der Waals surface area contributed by atoms with Gasteiger partial charge in [0.1, 0.15) is 5.82 Å². The van der Waals surface area contributed by atoms with Gasteiger partial charge in [-0.3, -0.25) is 4.21 Å². The van der Waals surface area contributed by atoms with Gasteiger partial charge in [-0.1, -0.05) is 18.2 Å². The summed E-state index contributed by atoms with van der Waals surface area (Å²) < 4.78 is 12.7. The Hall–Kier alpha value is -1.92. The van der Waals surface area contributed by atoms with Crippen molar-refractivity contribution in [2.75, 3.05) is 35.7 Å². The Morgan fingerprint density at radius 3 is 2.58 bits per heavy atom. The first-order valence-corrected chi connectivity index (χ1v) is 13.1. The highest BCUT2D eigenvalue weighted by atomic mass is 32.2. The van der Waals surface area contributed by atoms with E-state index in [1.54, 1.807) is 5.56 Å². The van der Waals surface area contributed by atoms with Gasteiger partial charge in [0, 0.05) is 31.3 Å². The molecule has 1 saturated heterocycles. The zero-order valence-corrected chi connectivity index (χ0v) is 18.8. The summed E-state index contributed by atoms with van der Waals surface area (Å²) in [5.41, 5.74) is 6.27. The topological polar surface area (TPSA) is 65.5 Å². The fraction of sp³-hybridized carbons (Fsp3) is 0.560. The Labute approximate surface area is 186 Å². The Bertz CT molecular complexity index is 1040. The van der Waals surface area contributed by atoms with Gasteiger partial charge in [0.05, 0.1) is 39.2 Å². The molecule has 164 valence electrons. The van der Waals surface area contributed by atoms with E-state index in [4.69, 9.17) is 4.98 Å². The van der Waals surface area contributed by atoms with Gasteiger partial charge in [-0.25, -0.2) is 4.98 Å². The Kier molecular flexibility index (Phi) is 4.83. The molecule has 1 atom stereocenters. The zero-order chi connectivity index (χ0) is 21.0. The average molecular weight is 438 g/mol. The van der Waals surface area contributed by atoms with Crippen LogP contribution < -0.4 is 10.2 Å². The molecule has 2 aromatic rings. The summed E-state index contributed by atoms with van der Waals surface area (Å²) in [6.07, 6.45) is 8.63. The summed E-state index contributed by atoms with van der Waals surface area (Å²) in [7, 11) is -0.992. The molecule has 1 aromatic heterocycles. The van der Waals surface area contributed by atoms with Crippen molar-refractivity contribution < 1.29 is 9.32 Å². The third-order valence-corrected chi connectivity index (χ3v) is 9.46. The van der Waals surface area contributed by atoms with E-state index in [1.165, 1.54) is 24.0 Å². The van der Waals surface area contributed by atoms with Gasteiger partial charge in [-0.05, 0) is 67.6 Å². The SMILES string of the molecule is O=[S@@]1CCc2nc(N3CCC(c4ccc5c(c4)CC5)CC3)cc(NC3(CO)CCC3)c21. The molecule has 3 heterocycles. The van der Waals surface area contributed by atoms with Crippen LogP contribution in [0.4, 0.5) is 11.5 Å². The van der Waals surface area contributed by atoms with Crippen LogP contribution in [0.15, 0.2) is 29.2 Å². The number of rotatable bonds is 5. The summed E-state index contributed by atoms with van der Waals surface area (Å²) >= 11 is 0. The van der Waals surface area contributed by atoms with E-state index in [0.29, 0.717) is 11.7 Å². The molecule has 0 unspecified atom stereocenters. The molecule has 2 fully saturated rings. The summed E-state index contributed by atoms with van der Waals surface area (Å²) in [6.45, 7) is 2.13. The Morgan fingerprint density at radius 1 is 1.13 bits per heavy atom. The molecular formula is C25H31N3O2S. The Balaban J connectivity index is 1.23. The van der Waals surface area contributed by atoms with Crippen LogP contribution in [0.5, 0.6) is 0 Å². The van der Waals surface area contributed by atoms with Crippen molar-refractivity contribution in [3.63, 3.8) is 0 Å². The first kappa shape index (κ1) is 19.7. The largest absolute Gasteiger partial charge is 0.394 e. The number of aliphatic hydroxyl groups excluding tert-OH is 1. The monoisotopic (exact) mass is 437 g/mol. The summed E-state index contributed by atoms with van der Waals surface area (Å²) in [5, 5.41) is 13.5. The van der Waals surface area contributed by atoms with Gasteiger partial charge < -0.3 is 15.3 Å². The standard InChI is InChI=1S/C25H31N3O2S/c29-16-25(9-1-10-25)27-22-15-23(26-21-8-13-31(30)24(21)22)28-11-6-18(7-12-28)20-5-3-17-2-4-19(17)14-20/h3,5,14-15,18,29H,1-2,4,6-13,16H2,(H,26,27)/t31-/m1/s1. The predicted molar refractivity (Wildman–Crippen MR) is 125 cm³/mol. The lowest BCUT2D eigenvalue weighted by Crippen LogP contribution is -2.48. The number of nitrogens with zero attached hydrogens (tertiary/aromatic N) is 2. The number of aromatic nitrogens is 1. The fourth-order valence-corrected chi connectivity index (χ4v) is 7.01. The van der Waals surface area contributed by atoms with E-state index in [9.17, 15) is 9.32 Å². The molecule has 6 heteroatoms. The molecule has 4 aliphatic rings. The van der Waals surface area contributed by atoms with Crippen LogP contribution in [0, 0.1) is 0 Å². The van der Waals surface area contributed by atoms with Gasteiger partial charge in [-0.2, -0.15) is 0 Å². The van der Waals surface area contributed by atoms with E-state index >= 15 is 0 Å². The number of piperidine rings is 1. The van der Waals surface area contributed by atoms with Crippen molar-refractivity contribution in [1.29, 1.82) is 0 Å². The van der Waals surface area contributed by atoms with Crippen LogP contribution in [0.2, 0.25) is 0 Å². The first-order chi connectivity index (χ1) is 15.1. The molecule has 2 aliphatic carbocycles. The normalized spacial score (nSPS) is 24.2. The molecule has 0 spiro atoms. The van der Waals surface area contributed by atoms with Crippen LogP contribution in [-0.2, 0) is 30.1 Å². The minimum Gasteiger partial charge on any atom is -0.394 e. The third kappa shape index (κ3) is 3.39.